The largest absolute Gasteiger partial charge is 0.456 e. The maximum Gasteiger partial charge on any atom is 0.136 e. The maximum absolute atomic E-state index is 6.39. The molecule has 2 nitrogen and oxygen atoms in total. The fourth-order valence-corrected chi connectivity index (χ4v) is 8.57. The van der Waals surface area contributed by atoms with Crippen LogP contribution in [0.5, 0.6) is 0 Å². The molecule has 0 bridgehead atoms. The van der Waals surface area contributed by atoms with Gasteiger partial charge in [-0.1, -0.05) is 149 Å². The quantitative estimate of drug-likeness (QED) is 0.174. The lowest BCUT2D eigenvalue weighted by Crippen LogP contribution is -2.14. The molecule has 0 N–H and O–H groups in total. The molecule has 2 heteroatoms. The first-order chi connectivity index (χ1) is 25.4. The molecular weight excluding hydrogens is 631 g/mol. The molecule has 0 atom stereocenters. The van der Waals surface area contributed by atoms with Crippen LogP contribution in [0.3, 0.4) is 0 Å². The first kappa shape index (κ1) is 32.3. The number of hydrogen-bond donors (Lipinski definition) is 0. The molecular formula is C50H45NO. The fourth-order valence-electron chi connectivity index (χ4n) is 8.57. The molecule has 256 valence electrons. The van der Waals surface area contributed by atoms with Gasteiger partial charge >= 0.3 is 0 Å². The molecule has 1 heterocycles. The summed E-state index contributed by atoms with van der Waals surface area (Å²) in [6.45, 7) is 6.84. The van der Waals surface area contributed by atoms with E-state index in [4.69, 9.17) is 4.42 Å². The number of nitrogens with zero attached hydrogens (tertiary/aromatic N) is 1. The molecule has 0 radical (unpaired) electrons. The second kappa shape index (κ2) is 13.2. The standard InChI is InChI=1S/C50H45NO/c1-50(2,3)37-28-30-38(31-29-37)51(45-24-10-7-19-39(45)36-27-32-43-42-21-9-12-26-47(42)52-48(43)33-36)46-25-11-8-20-41(46)44-23-14-18-35-17-13-22-40(49(35)44)34-15-5-4-6-16-34/h7-14,17-34H,4-6,15-16H2,1-3H3. The number of benzene rings is 7. The van der Waals surface area contributed by atoms with Crippen LogP contribution in [-0.4, -0.2) is 0 Å². The summed E-state index contributed by atoms with van der Waals surface area (Å²) >= 11 is 0. The van der Waals surface area contributed by atoms with E-state index in [0.29, 0.717) is 5.92 Å². The summed E-state index contributed by atoms with van der Waals surface area (Å²) in [4.78, 5) is 2.47. The van der Waals surface area contributed by atoms with Crippen LogP contribution < -0.4 is 4.90 Å². The number of anilines is 3. The number of para-hydroxylation sites is 3. The van der Waals surface area contributed by atoms with Crippen LogP contribution in [0.15, 0.2) is 156 Å². The third-order valence-electron chi connectivity index (χ3n) is 11.2. The molecule has 0 aliphatic heterocycles. The Morgan fingerprint density at radius 2 is 1.17 bits per heavy atom. The zero-order valence-corrected chi connectivity index (χ0v) is 30.4. The summed E-state index contributed by atoms with van der Waals surface area (Å²) in [5.41, 5.74) is 12.9. The second-order valence-corrected chi connectivity index (χ2v) is 15.6. The Morgan fingerprint density at radius 3 is 1.94 bits per heavy atom. The van der Waals surface area contributed by atoms with Crippen molar-refractivity contribution in [2.75, 3.05) is 4.90 Å². The summed E-state index contributed by atoms with van der Waals surface area (Å²) in [6.07, 6.45) is 6.51. The van der Waals surface area contributed by atoms with Gasteiger partial charge in [0.05, 0.1) is 11.4 Å². The molecule has 0 saturated heterocycles. The first-order valence-corrected chi connectivity index (χ1v) is 19.0. The van der Waals surface area contributed by atoms with Gasteiger partial charge in [-0.15, -0.1) is 0 Å². The predicted molar refractivity (Wildman–Crippen MR) is 221 cm³/mol. The average molecular weight is 676 g/mol. The molecule has 1 aromatic heterocycles. The third kappa shape index (κ3) is 5.77. The van der Waals surface area contributed by atoms with E-state index in [0.717, 1.165) is 50.1 Å². The van der Waals surface area contributed by atoms with E-state index in [1.807, 2.05) is 6.07 Å². The van der Waals surface area contributed by atoms with Crippen molar-refractivity contribution < 1.29 is 4.42 Å². The molecule has 1 aliphatic carbocycles. The molecule has 52 heavy (non-hydrogen) atoms. The Bertz CT molecular complexity index is 2540. The lowest BCUT2D eigenvalue weighted by Gasteiger charge is -2.31. The molecule has 8 aromatic rings. The second-order valence-electron chi connectivity index (χ2n) is 15.6. The molecule has 1 saturated carbocycles. The van der Waals surface area contributed by atoms with Crippen molar-refractivity contribution in [3.8, 4) is 22.3 Å². The van der Waals surface area contributed by atoms with E-state index in [-0.39, 0.29) is 5.41 Å². The molecule has 9 rings (SSSR count). The Labute approximate surface area is 307 Å². The minimum Gasteiger partial charge on any atom is -0.456 e. The van der Waals surface area contributed by atoms with Crippen LogP contribution in [0.25, 0.3) is 55.0 Å². The van der Waals surface area contributed by atoms with Crippen LogP contribution in [0.1, 0.15) is 69.9 Å². The van der Waals surface area contributed by atoms with Crippen LogP contribution in [-0.2, 0) is 5.41 Å². The van der Waals surface area contributed by atoms with Crippen LogP contribution in [0.2, 0.25) is 0 Å². The molecule has 1 aliphatic rings. The lowest BCUT2D eigenvalue weighted by molar-refractivity contribution is 0.445. The monoisotopic (exact) mass is 675 g/mol. The van der Waals surface area contributed by atoms with Crippen molar-refractivity contribution in [1.82, 2.24) is 0 Å². The smallest absolute Gasteiger partial charge is 0.136 e. The van der Waals surface area contributed by atoms with Gasteiger partial charge in [-0.2, -0.15) is 0 Å². The first-order valence-electron chi connectivity index (χ1n) is 19.0. The van der Waals surface area contributed by atoms with E-state index in [9.17, 15) is 0 Å². The van der Waals surface area contributed by atoms with Gasteiger partial charge in [0.2, 0.25) is 0 Å². The van der Waals surface area contributed by atoms with Gasteiger partial charge in [-0.05, 0) is 99.7 Å². The minimum absolute atomic E-state index is 0.0552. The average Bonchev–Trinajstić information content (AvgIpc) is 3.56. The fraction of sp³-hybridized carbons (Fsp3) is 0.200. The summed E-state index contributed by atoms with van der Waals surface area (Å²) in [7, 11) is 0. The van der Waals surface area contributed by atoms with Gasteiger partial charge in [-0.3, -0.25) is 0 Å². The van der Waals surface area contributed by atoms with E-state index in [1.165, 1.54) is 65.1 Å². The Morgan fingerprint density at radius 1 is 0.538 bits per heavy atom. The van der Waals surface area contributed by atoms with Crippen molar-refractivity contribution in [2.45, 2.75) is 64.2 Å². The highest BCUT2D eigenvalue weighted by molar-refractivity contribution is 6.07. The molecule has 0 amide bonds. The summed E-state index contributed by atoms with van der Waals surface area (Å²) < 4.78 is 6.39. The summed E-state index contributed by atoms with van der Waals surface area (Å²) in [6, 6.07) is 55.8. The van der Waals surface area contributed by atoms with E-state index >= 15 is 0 Å². The van der Waals surface area contributed by atoms with Crippen LogP contribution in [0.4, 0.5) is 17.1 Å². The highest BCUT2D eigenvalue weighted by Crippen LogP contribution is 2.48. The van der Waals surface area contributed by atoms with Crippen LogP contribution >= 0.6 is 0 Å². The predicted octanol–water partition coefficient (Wildman–Crippen LogP) is 14.9. The number of hydrogen-bond acceptors (Lipinski definition) is 2. The normalized spacial score (nSPS) is 14.0. The highest BCUT2D eigenvalue weighted by Gasteiger charge is 2.25. The minimum atomic E-state index is 0.0552. The zero-order valence-electron chi connectivity index (χ0n) is 30.4. The number of fused-ring (bicyclic) bond motifs is 4. The van der Waals surface area contributed by atoms with Crippen LogP contribution in [0, 0.1) is 0 Å². The van der Waals surface area contributed by atoms with Gasteiger partial charge in [0.1, 0.15) is 11.2 Å². The molecule has 0 spiro atoms. The highest BCUT2D eigenvalue weighted by atomic mass is 16.3. The maximum atomic E-state index is 6.39. The lowest BCUT2D eigenvalue weighted by atomic mass is 9.80. The molecule has 1 fully saturated rings. The van der Waals surface area contributed by atoms with Crippen molar-refractivity contribution in [3.63, 3.8) is 0 Å². The van der Waals surface area contributed by atoms with Crippen molar-refractivity contribution in [3.05, 3.63) is 163 Å². The number of rotatable bonds is 6. The van der Waals surface area contributed by atoms with Gasteiger partial charge in [0, 0.05) is 27.6 Å². The zero-order chi connectivity index (χ0) is 35.2. The Hall–Kier alpha value is -5.60. The third-order valence-corrected chi connectivity index (χ3v) is 11.2. The summed E-state index contributed by atoms with van der Waals surface area (Å²) in [5, 5.41) is 5.00. The number of furan rings is 1. The van der Waals surface area contributed by atoms with Gasteiger partial charge in [0.25, 0.3) is 0 Å². The van der Waals surface area contributed by atoms with Gasteiger partial charge in [-0.25, -0.2) is 0 Å². The van der Waals surface area contributed by atoms with Gasteiger partial charge < -0.3 is 9.32 Å². The SMILES string of the molecule is CC(C)(C)c1ccc(N(c2ccccc2-c2ccc3c(c2)oc2ccccc23)c2ccccc2-c2cccc3cccc(C4CCCCC4)c23)cc1. The van der Waals surface area contributed by atoms with Crippen molar-refractivity contribution in [2.24, 2.45) is 0 Å². The summed E-state index contributed by atoms with van der Waals surface area (Å²) in [5.74, 6) is 0.598. The van der Waals surface area contributed by atoms with E-state index in [1.54, 1.807) is 0 Å². The van der Waals surface area contributed by atoms with Gasteiger partial charge in [0.15, 0.2) is 0 Å². The Kier molecular flexibility index (Phi) is 8.19. The Balaban J connectivity index is 1.27. The molecule has 7 aromatic carbocycles. The van der Waals surface area contributed by atoms with E-state index in [2.05, 4.69) is 171 Å². The molecule has 0 unspecified atom stereocenters. The van der Waals surface area contributed by atoms with E-state index < -0.39 is 0 Å². The topological polar surface area (TPSA) is 16.4 Å². The van der Waals surface area contributed by atoms with Crippen molar-refractivity contribution >= 4 is 49.8 Å². The van der Waals surface area contributed by atoms with Crippen molar-refractivity contribution in [1.29, 1.82) is 0 Å².